The van der Waals surface area contributed by atoms with Crippen molar-refractivity contribution in [2.45, 2.75) is 39.2 Å². The Hall–Kier alpha value is -5.11. The van der Waals surface area contributed by atoms with E-state index in [0.717, 1.165) is 29.1 Å². The maximum atomic E-state index is 13.2. The second-order valence-electron chi connectivity index (χ2n) is 13.1. The van der Waals surface area contributed by atoms with Crippen LogP contribution in [0.25, 0.3) is 44.4 Å². The van der Waals surface area contributed by atoms with Gasteiger partial charge in [0.1, 0.15) is 11.1 Å². The van der Waals surface area contributed by atoms with Crippen LogP contribution in [0.15, 0.2) is 70.8 Å². The normalized spacial score (nSPS) is 14.5. The molecule has 14 heteroatoms. The lowest BCUT2D eigenvalue weighted by Gasteiger charge is -2.35. The molecule has 5 aromatic rings. The fraction of sp³-hybridized carbons (Fsp3) is 0.353. The summed E-state index contributed by atoms with van der Waals surface area (Å²) in [5, 5.41) is 3.88. The Labute approximate surface area is 273 Å². The van der Waals surface area contributed by atoms with Crippen LogP contribution in [0.2, 0.25) is 0 Å². The highest BCUT2D eigenvalue weighted by atomic mass is 19.4. The summed E-state index contributed by atoms with van der Waals surface area (Å²) < 4.78 is 48.0. The summed E-state index contributed by atoms with van der Waals surface area (Å²) in [6.07, 6.45) is 0.302. The molecule has 0 spiro atoms. The highest BCUT2D eigenvalue weighted by molar-refractivity contribution is 6.00. The quantitative estimate of drug-likeness (QED) is 0.274. The zero-order chi connectivity index (χ0) is 34.5. The SMILES string of the molecule is Cn1cc(-c2cccc(CN3CCN(C(=O)OC(C)(C)C)CC3)c2)c(-c2cn(C)c(=O)c3[nH]c(-c4cnn(C(F)(F)F)c4)cc23)cc1=O. The third-order valence-electron chi connectivity index (χ3n) is 8.30. The molecule has 0 aliphatic carbocycles. The van der Waals surface area contributed by atoms with Gasteiger partial charge in [0.15, 0.2) is 0 Å². The van der Waals surface area contributed by atoms with E-state index in [4.69, 9.17) is 4.74 Å². The molecule has 1 N–H and O–H groups in total. The number of halogens is 3. The predicted molar refractivity (Wildman–Crippen MR) is 175 cm³/mol. The van der Waals surface area contributed by atoms with Gasteiger partial charge in [0.05, 0.1) is 6.20 Å². The molecule has 1 aromatic carbocycles. The Morgan fingerprint density at radius 3 is 2.27 bits per heavy atom. The molecule has 0 unspecified atom stereocenters. The average Bonchev–Trinajstić information content (AvgIpc) is 3.69. The number of nitrogens with one attached hydrogen (secondary N) is 1. The summed E-state index contributed by atoms with van der Waals surface area (Å²) in [5.74, 6) is 0. The number of fused-ring (bicyclic) bond motifs is 1. The van der Waals surface area contributed by atoms with Gasteiger partial charge in [0.2, 0.25) is 0 Å². The maximum absolute atomic E-state index is 13.2. The average molecular weight is 664 g/mol. The van der Waals surface area contributed by atoms with Gasteiger partial charge >= 0.3 is 12.4 Å². The summed E-state index contributed by atoms with van der Waals surface area (Å²) in [6.45, 7) is 8.66. The van der Waals surface area contributed by atoms with E-state index in [-0.39, 0.29) is 38.7 Å². The van der Waals surface area contributed by atoms with Crippen LogP contribution in [0.4, 0.5) is 18.0 Å². The molecule has 4 aromatic heterocycles. The van der Waals surface area contributed by atoms with E-state index in [1.165, 1.54) is 15.2 Å². The number of rotatable bonds is 5. The molecule has 252 valence electrons. The van der Waals surface area contributed by atoms with E-state index in [9.17, 15) is 27.6 Å². The number of aromatic nitrogens is 5. The van der Waals surface area contributed by atoms with Crippen LogP contribution in [0, 0.1) is 0 Å². The summed E-state index contributed by atoms with van der Waals surface area (Å²) >= 11 is 0. The van der Waals surface area contributed by atoms with E-state index < -0.39 is 11.9 Å². The number of nitrogens with zero attached hydrogens (tertiary/aromatic N) is 6. The van der Waals surface area contributed by atoms with Crippen molar-refractivity contribution in [1.29, 1.82) is 0 Å². The van der Waals surface area contributed by atoms with Crippen LogP contribution >= 0.6 is 0 Å². The summed E-state index contributed by atoms with van der Waals surface area (Å²) in [7, 11) is 3.24. The molecule has 11 nitrogen and oxygen atoms in total. The minimum Gasteiger partial charge on any atom is -0.444 e. The number of benzene rings is 1. The van der Waals surface area contributed by atoms with Crippen LogP contribution in [-0.2, 0) is 31.7 Å². The lowest BCUT2D eigenvalue weighted by Crippen LogP contribution is -2.49. The minimum absolute atomic E-state index is 0.0974. The molecule has 0 atom stereocenters. The first-order valence-corrected chi connectivity index (χ1v) is 15.4. The van der Waals surface area contributed by atoms with Crippen LogP contribution in [0.3, 0.4) is 0 Å². The second kappa shape index (κ2) is 12.2. The number of ether oxygens (including phenoxy) is 1. The number of aromatic amines is 1. The monoisotopic (exact) mass is 663 g/mol. The van der Waals surface area contributed by atoms with Crippen molar-refractivity contribution in [3.63, 3.8) is 0 Å². The van der Waals surface area contributed by atoms with Crippen molar-refractivity contribution in [1.82, 2.24) is 33.7 Å². The molecule has 0 bridgehead atoms. The number of piperazine rings is 1. The van der Waals surface area contributed by atoms with Gasteiger partial charge in [-0.1, -0.05) is 18.2 Å². The van der Waals surface area contributed by atoms with Crippen molar-refractivity contribution < 1.29 is 22.7 Å². The molecular formula is C34H36F3N7O4. The van der Waals surface area contributed by atoms with Crippen molar-refractivity contribution in [3.05, 3.63) is 87.5 Å². The molecule has 1 aliphatic rings. The van der Waals surface area contributed by atoms with Gasteiger partial charge in [0.25, 0.3) is 11.1 Å². The minimum atomic E-state index is -4.69. The van der Waals surface area contributed by atoms with Crippen molar-refractivity contribution >= 4 is 17.0 Å². The third-order valence-corrected chi connectivity index (χ3v) is 8.30. The van der Waals surface area contributed by atoms with E-state index >= 15 is 0 Å². The first-order valence-electron chi connectivity index (χ1n) is 15.4. The zero-order valence-electron chi connectivity index (χ0n) is 27.3. The van der Waals surface area contributed by atoms with E-state index in [0.29, 0.717) is 49.2 Å². The van der Waals surface area contributed by atoms with Gasteiger partial charge in [-0.25, -0.2) is 4.79 Å². The van der Waals surface area contributed by atoms with Gasteiger partial charge in [0, 0.05) is 99.2 Å². The lowest BCUT2D eigenvalue weighted by molar-refractivity contribution is -0.212. The predicted octanol–water partition coefficient (Wildman–Crippen LogP) is 5.29. The van der Waals surface area contributed by atoms with Gasteiger partial charge in [-0.15, -0.1) is 13.2 Å². The topological polar surface area (TPSA) is 110 Å². The van der Waals surface area contributed by atoms with Gasteiger partial charge < -0.3 is 23.8 Å². The fourth-order valence-corrected chi connectivity index (χ4v) is 5.90. The molecule has 1 saturated heterocycles. The third kappa shape index (κ3) is 6.65. The number of carbonyl (C=O) groups excluding carboxylic acids is 1. The van der Waals surface area contributed by atoms with Crippen LogP contribution in [0.5, 0.6) is 0 Å². The molecule has 48 heavy (non-hydrogen) atoms. The largest absolute Gasteiger partial charge is 0.504 e. The molecule has 1 amide bonds. The highest BCUT2D eigenvalue weighted by Gasteiger charge is 2.32. The Morgan fingerprint density at radius 1 is 0.896 bits per heavy atom. The zero-order valence-corrected chi connectivity index (χ0v) is 27.3. The highest BCUT2D eigenvalue weighted by Crippen LogP contribution is 2.37. The Balaban J connectivity index is 1.34. The number of hydrogen-bond donors (Lipinski definition) is 1. The number of pyridine rings is 2. The smallest absolute Gasteiger partial charge is 0.444 e. The van der Waals surface area contributed by atoms with E-state index in [1.54, 1.807) is 37.5 Å². The number of alkyl halides is 3. The molecular weight excluding hydrogens is 627 g/mol. The van der Waals surface area contributed by atoms with Crippen molar-refractivity contribution in [3.8, 4) is 33.5 Å². The number of carbonyl (C=O) groups is 1. The molecule has 6 rings (SSSR count). The molecule has 0 radical (unpaired) electrons. The van der Waals surface area contributed by atoms with Crippen LogP contribution < -0.4 is 11.1 Å². The molecule has 5 heterocycles. The molecule has 0 saturated carbocycles. The second-order valence-corrected chi connectivity index (χ2v) is 13.1. The molecule has 1 aliphatic heterocycles. The number of H-pyrrole nitrogens is 1. The summed E-state index contributed by atoms with van der Waals surface area (Å²) in [6, 6.07) is 11.1. The van der Waals surface area contributed by atoms with Gasteiger partial charge in [-0.2, -0.15) is 9.78 Å². The first-order chi connectivity index (χ1) is 22.6. The van der Waals surface area contributed by atoms with Gasteiger partial charge in [-0.05, 0) is 49.6 Å². The Bertz CT molecular complexity index is 2130. The van der Waals surface area contributed by atoms with Crippen molar-refractivity contribution in [2.24, 2.45) is 14.1 Å². The Kier molecular flexibility index (Phi) is 8.31. The van der Waals surface area contributed by atoms with Crippen molar-refractivity contribution in [2.75, 3.05) is 26.2 Å². The standard InChI is InChI=1S/C34H36F3N7O4/c1-33(2,3)48-32(47)43-11-9-42(10-12-43)17-21-7-6-8-22(13-21)26-19-40(4)29(45)15-24(26)27-20-41(5)31(46)30-25(27)14-28(39-30)23-16-38-44(18-23)34(35,36)37/h6-8,13-16,18-20,39H,9-12,17H2,1-5H3. The maximum Gasteiger partial charge on any atom is 0.504 e. The number of amides is 1. The number of hydrogen-bond acceptors (Lipinski definition) is 6. The summed E-state index contributed by atoms with van der Waals surface area (Å²) in [4.78, 5) is 45.7. The van der Waals surface area contributed by atoms with E-state index in [2.05, 4.69) is 21.0 Å². The van der Waals surface area contributed by atoms with E-state index in [1.807, 2.05) is 39.0 Å². The first kappa shape index (κ1) is 32.8. The van der Waals surface area contributed by atoms with Crippen LogP contribution in [-0.4, -0.2) is 71.6 Å². The van der Waals surface area contributed by atoms with Gasteiger partial charge in [-0.3, -0.25) is 14.5 Å². The summed E-state index contributed by atoms with van der Waals surface area (Å²) in [5.41, 5.74) is 3.18. The lowest BCUT2D eigenvalue weighted by atomic mass is 9.94. The van der Waals surface area contributed by atoms with Crippen LogP contribution in [0.1, 0.15) is 26.3 Å². The molecule has 1 fully saturated rings. The Morgan fingerprint density at radius 2 is 1.60 bits per heavy atom. The fourth-order valence-electron chi connectivity index (χ4n) is 5.90. The number of aryl methyl sites for hydroxylation is 2.